The van der Waals surface area contributed by atoms with Crippen LogP contribution in [-0.2, 0) is 4.74 Å². The smallest absolute Gasteiger partial charge is 0.202 e. The molecule has 0 unspecified atom stereocenters. The number of nitrogens with zero attached hydrogens (tertiary/aromatic N) is 5. The maximum Gasteiger partial charge on any atom is 0.202 e. The molecule has 10 nitrogen and oxygen atoms in total. The van der Waals surface area contributed by atoms with Gasteiger partial charge < -0.3 is 26.4 Å². The van der Waals surface area contributed by atoms with Gasteiger partial charge >= 0.3 is 0 Å². The Kier molecular flexibility index (Phi) is 6.76. The summed E-state index contributed by atoms with van der Waals surface area (Å²) in [5.74, 6) is 0.507. The van der Waals surface area contributed by atoms with Crippen molar-refractivity contribution in [2.24, 2.45) is 21.5 Å². The van der Waals surface area contributed by atoms with E-state index in [9.17, 15) is 4.39 Å². The van der Waals surface area contributed by atoms with Crippen molar-refractivity contribution >= 4 is 39.2 Å². The first-order valence-electron chi connectivity index (χ1n) is 8.53. The van der Waals surface area contributed by atoms with Crippen molar-refractivity contribution in [2.75, 3.05) is 44.7 Å². The van der Waals surface area contributed by atoms with E-state index >= 15 is 0 Å². The molecule has 0 atom stereocenters. The van der Waals surface area contributed by atoms with Gasteiger partial charge in [-0.1, -0.05) is 0 Å². The number of anilines is 1. The highest BCUT2D eigenvalue weighted by Gasteiger charge is 2.15. The predicted molar refractivity (Wildman–Crippen MR) is 106 cm³/mol. The summed E-state index contributed by atoms with van der Waals surface area (Å²) in [7, 11) is 0. The summed E-state index contributed by atoms with van der Waals surface area (Å²) in [5.41, 5.74) is 12.7. The summed E-state index contributed by atoms with van der Waals surface area (Å²) in [5, 5.41) is 10.6. The Labute approximate surface area is 168 Å². The molecule has 12 heteroatoms. The molecule has 1 aromatic carbocycles. The van der Waals surface area contributed by atoms with Gasteiger partial charge in [-0.3, -0.25) is 4.99 Å². The minimum atomic E-state index is -0.389. The molecule has 1 fully saturated rings. The van der Waals surface area contributed by atoms with Gasteiger partial charge in [0.1, 0.15) is 5.82 Å². The Morgan fingerprint density at radius 3 is 2.82 bits per heavy atom. The van der Waals surface area contributed by atoms with E-state index in [2.05, 4.69) is 41.5 Å². The number of ether oxygens (including phenoxy) is 1. The van der Waals surface area contributed by atoms with Crippen LogP contribution in [0.2, 0.25) is 0 Å². The number of halogens is 2. The molecular formula is C16H20BrFN8O2. The van der Waals surface area contributed by atoms with Crippen molar-refractivity contribution in [1.29, 1.82) is 0 Å². The third-order valence-corrected chi connectivity index (χ3v) is 4.50. The van der Waals surface area contributed by atoms with E-state index in [1.54, 1.807) is 0 Å². The minimum absolute atomic E-state index is 0.0820. The Bertz CT molecular complexity index is 866. The van der Waals surface area contributed by atoms with E-state index in [1.807, 2.05) is 4.90 Å². The van der Waals surface area contributed by atoms with Crippen molar-refractivity contribution in [1.82, 2.24) is 15.2 Å². The highest BCUT2D eigenvalue weighted by Crippen LogP contribution is 2.23. The molecule has 5 N–H and O–H groups in total. The first-order valence-corrected chi connectivity index (χ1v) is 9.32. The van der Waals surface area contributed by atoms with Crippen molar-refractivity contribution in [3.8, 4) is 0 Å². The summed E-state index contributed by atoms with van der Waals surface area (Å²) in [6.45, 7) is 3.62. The highest BCUT2D eigenvalue weighted by atomic mass is 79.9. The lowest BCUT2D eigenvalue weighted by Crippen LogP contribution is -2.45. The fraction of sp³-hybridized carbons (Fsp3) is 0.375. The molecule has 0 saturated carbocycles. The molecule has 0 amide bonds. The average molecular weight is 455 g/mol. The van der Waals surface area contributed by atoms with Crippen LogP contribution in [0.15, 0.2) is 37.3 Å². The van der Waals surface area contributed by atoms with E-state index in [4.69, 9.17) is 20.8 Å². The van der Waals surface area contributed by atoms with Crippen LogP contribution < -0.4 is 16.8 Å². The zero-order valence-corrected chi connectivity index (χ0v) is 16.5. The van der Waals surface area contributed by atoms with Gasteiger partial charge in [-0.25, -0.2) is 14.0 Å². The van der Waals surface area contributed by atoms with E-state index in [1.165, 1.54) is 18.2 Å². The summed E-state index contributed by atoms with van der Waals surface area (Å²) in [6.07, 6.45) is 0. The maximum atomic E-state index is 13.3. The summed E-state index contributed by atoms with van der Waals surface area (Å²) in [4.78, 5) is 10.5. The van der Waals surface area contributed by atoms with Crippen LogP contribution in [0, 0.1) is 5.82 Å². The number of amidine groups is 1. The molecule has 1 saturated heterocycles. The molecule has 28 heavy (non-hydrogen) atoms. The second-order valence-corrected chi connectivity index (χ2v) is 6.68. The van der Waals surface area contributed by atoms with Crippen LogP contribution in [-0.4, -0.2) is 66.4 Å². The molecule has 0 bridgehead atoms. The van der Waals surface area contributed by atoms with Crippen LogP contribution in [0.5, 0.6) is 0 Å². The molecule has 2 aromatic rings. The third kappa shape index (κ3) is 5.16. The number of hydrogen-bond donors (Lipinski definition) is 3. The largest absolute Gasteiger partial charge is 0.382 e. The molecule has 1 aliphatic rings. The number of guanidine groups is 1. The molecule has 1 aromatic heterocycles. The fourth-order valence-electron chi connectivity index (χ4n) is 2.46. The van der Waals surface area contributed by atoms with Gasteiger partial charge in [0, 0.05) is 19.6 Å². The zero-order chi connectivity index (χ0) is 19.9. The molecular weight excluding hydrogens is 435 g/mol. The lowest BCUT2D eigenvalue weighted by atomic mass is 10.3. The highest BCUT2D eigenvalue weighted by molar-refractivity contribution is 9.10. The Balaban J connectivity index is 1.58. The number of aromatic nitrogens is 2. The molecule has 1 aliphatic heterocycles. The molecule has 0 radical (unpaired) electrons. The first kappa shape index (κ1) is 20.0. The normalized spacial score (nSPS) is 15.7. The SMILES string of the molecule is NC(=Nc1ccc(F)c(Br)c1)c1nonc1NCCN=C(N)N1CCOCC1. The fourth-order valence-corrected chi connectivity index (χ4v) is 2.82. The van der Waals surface area contributed by atoms with Gasteiger partial charge in [0.2, 0.25) is 5.82 Å². The number of nitrogens with two attached hydrogens (primary N) is 2. The average Bonchev–Trinajstić information content (AvgIpc) is 3.17. The monoisotopic (exact) mass is 454 g/mol. The Hall–Kier alpha value is -2.73. The van der Waals surface area contributed by atoms with E-state index in [-0.39, 0.29) is 21.8 Å². The second-order valence-electron chi connectivity index (χ2n) is 5.82. The van der Waals surface area contributed by atoms with E-state index < -0.39 is 0 Å². The van der Waals surface area contributed by atoms with Gasteiger partial charge in [0.05, 0.1) is 29.9 Å². The van der Waals surface area contributed by atoms with Gasteiger partial charge in [0.15, 0.2) is 17.5 Å². The van der Waals surface area contributed by atoms with Crippen molar-refractivity contribution in [3.63, 3.8) is 0 Å². The van der Waals surface area contributed by atoms with Crippen molar-refractivity contribution in [2.45, 2.75) is 0 Å². The lowest BCUT2D eigenvalue weighted by Gasteiger charge is -2.27. The summed E-state index contributed by atoms with van der Waals surface area (Å²) in [6, 6.07) is 4.29. The molecule has 0 spiro atoms. The van der Waals surface area contributed by atoms with Crippen LogP contribution >= 0.6 is 15.9 Å². The number of benzene rings is 1. The summed E-state index contributed by atoms with van der Waals surface area (Å²) < 4.78 is 23.6. The maximum absolute atomic E-state index is 13.3. The standard InChI is InChI=1S/C16H20BrFN8O2/c17-11-9-10(1-2-12(11)18)23-14(19)13-15(25-28-24-13)21-3-4-22-16(20)26-5-7-27-8-6-26/h1-2,9H,3-8H2,(H2,19,23)(H2,20,22)(H,21,25). The molecule has 2 heterocycles. The van der Waals surface area contributed by atoms with E-state index in [0.717, 1.165) is 13.1 Å². The van der Waals surface area contributed by atoms with Crippen LogP contribution in [0.4, 0.5) is 15.9 Å². The predicted octanol–water partition coefficient (Wildman–Crippen LogP) is 1.07. The second kappa shape index (κ2) is 9.46. The van der Waals surface area contributed by atoms with Crippen molar-refractivity contribution in [3.05, 3.63) is 34.2 Å². The van der Waals surface area contributed by atoms with Crippen molar-refractivity contribution < 1.29 is 13.8 Å². The third-order valence-electron chi connectivity index (χ3n) is 3.90. The van der Waals surface area contributed by atoms with Gasteiger partial charge in [0.25, 0.3) is 0 Å². The lowest BCUT2D eigenvalue weighted by molar-refractivity contribution is 0.0674. The summed E-state index contributed by atoms with van der Waals surface area (Å²) >= 11 is 3.10. The number of morpholine rings is 1. The van der Waals surface area contributed by atoms with Gasteiger partial charge in [-0.15, -0.1) is 0 Å². The number of hydrogen-bond acceptors (Lipinski definition) is 7. The quantitative estimate of drug-likeness (QED) is 0.334. The number of nitrogens with one attached hydrogen (secondary N) is 1. The van der Waals surface area contributed by atoms with Gasteiger partial charge in [-0.2, -0.15) is 0 Å². The van der Waals surface area contributed by atoms with Crippen LogP contribution in [0.1, 0.15) is 5.69 Å². The Morgan fingerprint density at radius 2 is 2.07 bits per heavy atom. The van der Waals surface area contributed by atoms with Crippen LogP contribution in [0.3, 0.4) is 0 Å². The number of rotatable bonds is 6. The minimum Gasteiger partial charge on any atom is -0.382 e. The first-order chi connectivity index (χ1) is 13.5. The van der Waals surface area contributed by atoms with Gasteiger partial charge in [-0.05, 0) is 44.4 Å². The topological polar surface area (TPSA) is 140 Å². The van der Waals surface area contributed by atoms with E-state index in [0.29, 0.717) is 43.8 Å². The van der Waals surface area contributed by atoms with Crippen LogP contribution in [0.25, 0.3) is 0 Å². The Morgan fingerprint density at radius 1 is 1.29 bits per heavy atom. The molecule has 0 aliphatic carbocycles. The number of aliphatic imine (C=N–C) groups is 2. The molecule has 3 rings (SSSR count). The molecule has 150 valence electrons. The zero-order valence-electron chi connectivity index (χ0n) is 14.9.